The molecule has 0 N–H and O–H groups in total. The summed E-state index contributed by atoms with van der Waals surface area (Å²) in [6.07, 6.45) is 3.38. The summed E-state index contributed by atoms with van der Waals surface area (Å²) in [4.78, 5) is 13.4. The topological polar surface area (TPSA) is 44.1 Å². The molecule has 0 spiro atoms. The monoisotopic (exact) mass is 276 g/mol. The fourth-order valence-corrected chi connectivity index (χ4v) is 2.13. The van der Waals surface area contributed by atoms with E-state index in [0.717, 1.165) is 16.6 Å². The molecule has 80 valence electrons. The molecular weight excluding hydrogens is 268 g/mol. The molecule has 0 aromatic heterocycles. The number of halogens is 1. The Morgan fingerprint density at radius 2 is 2.38 bits per heavy atom. The molecule has 16 heavy (non-hydrogen) atoms. The number of hydrogen-bond acceptors (Lipinski definition) is 2. The van der Waals surface area contributed by atoms with Gasteiger partial charge in [0.2, 0.25) is 0 Å². The van der Waals surface area contributed by atoms with Gasteiger partial charge in [0.15, 0.2) is 0 Å². The van der Waals surface area contributed by atoms with Crippen LogP contribution in [-0.2, 0) is 11.2 Å². The number of nitriles is 1. The second kappa shape index (κ2) is 4.50. The van der Waals surface area contributed by atoms with Crippen LogP contribution in [0.15, 0.2) is 34.8 Å². The molecule has 0 fully saturated rings. The summed E-state index contributed by atoms with van der Waals surface area (Å²) in [7, 11) is 0. The summed E-state index contributed by atoms with van der Waals surface area (Å²) in [5.74, 6) is -0.140. The third kappa shape index (κ3) is 2.00. The van der Waals surface area contributed by atoms with Crippen molar-refractivity contribution in [2.45, 2.75) is 6.42 Å². The van der Waals surface area contributed by atoms with Crippen molar-refractivity contribution < 1.29 is 4.79 Å². The van der Waals surface area contributed by atoms with Crippen molar-refractivity contribution in [3.8, 4) is 6.07 Å². The lowest BCUT2D eigenvalue weighted by Gasteiger charge is -2.14. The molecule has 1 heterocycles. The van der Waals surface area contributed by atoms with Crippen LogP contribution in [0.3, 0.4) is 0 Å². The largest absolute Gasteiger partial charge is 0.308 e. The number of fused-ring (bicyclic) bond motifs is 1. The predicted octanol–water partition coefficient (Wildman–Crippen LogP) is 2.42. The molecule has 4 heteroatoms. The van der Waals surface area contributed by atoms with E-state index in [1.807, 2.05) is 24.3 Å². The molecule has 0 aliphatic carbocycles. The average molecular weight is 277 g/mol. The maximum absolute atomic E-state index is 11.8. The molecule has 0 bridgehead atoms. The maximum Gasteiger partial charge on any atom is 0.251 e. The Kier molecular flexibility index (Phi) is 3.07. The fourth-order valence-electron chi connectivity index (χ4n) is 1.78. The van der Waals surface area contributed by atoms with Gasteiger partial charge in [-0.25, -0.2) is 0 Å². The van der Waals surface area contributed by atoms with Gasteiger partial charge in [0.25, 0.3) is 5.91 Å². The van der Waals surface area contributed by atoms with E-state index in [4.69, 9.17) is 5.26 Å². The van der Waals surface area contributed by atoms with Crippen LogP contribution in [0.5, 0.6) is 0 Å². The first-order valence-electron chi connectivity index (χ1n) is 4.88. The van der Waals surface area contributed by atoms with Crippen LogP contribution in [0.4, 0.5) is 5.69 Å². The number of carbonyl (C=O) groups excluding carboxylic acids is 1. The van der Waals surface area contributed by atoms with Crippen LogP contribution >= 0.6 is 15.9 Å². The van der Waals surface area contributed by atoms with Crippen molar-refractivity contribution in [2.24, 2.45) is 0 Å². The zero-order chi connectivity index (χ0) is 11.5. The van der Waals surface area contributed by atoms with Crippen molar-refractivity contribution in [3.63, 3.8) is 0 Å². The average Bonchev–Trinajstić information content (AvgIpc) is 2.68. The number of allylic oxidation sites excluding steroid dienone is 1. The summed E-state index contributed by atoms with van der Waals surface area (Å²) < 4.78 is 0.954. The zero-order valence-corrected chi connectivity index (χ0v) is 10.1. The minimum Gasteiger partial charge on any atom is -0.308 e. The number of rotatable bonds is 1. The highest BCUT2D eigenvalue weighted by Crippen LogP contribution is 2.30. The molecule has 1 amide bonds. The van der Waals surface area contributed by atoms with Crippen LogP contribution < -0.4 is 4.90 Å². The standard InChI is InChI=1S/C12H9BrN2O/c13-10-4-3-9-5-7-15(11(9)8-10)12(16)2-1-6-14/h1-4,8H,5,7H2/b2-1+. The Morgan fingerprint density at radius 3 is 3.12 bits per heavy atom. The van der Waals surface area contributed by atoms with Crippen LogP contribution in [0.25, 0.3) is 0 Å². The lowest BCUT2D eigenvalue weighted by Crippen LogP contribution is -2.26. The Labute approximate surface area is 102 Å². The predicted molar refractivity (Wildman–Crippen MR) is 65.0 cm³/mol. The first kappa shape index (κ1) is 10.9. The fraction of sp³-hybridized carbons (Fsp3) is 0.167. The number of amides is 1. The minimum absolute atomic E-state index is 0.140. The number of anilines is 1. The van der Waals surface area contributed by atoms with E-state index in [2.05, 4.69) is 15.9 Å². The van der Waals surface area contributed by atoms with E-state index in [1.165, 1.54) is 17.7 Å². The first-order chi connectivity index (χ1) is 7.72. The highest BCUT2D eigenvalue weighted by Gasteiger charge is 2.22. The van der Waals surface area contributed by atoms with Gasteiger partial charge in [0, 0.05) is 28.9 Å². The third-order valence-electron chi connectivity index (χ3n) is 2.51. The van der Waals surface area contributed by atoms with Gasteiger partial charge in [-0.2, -0.15) is 5.26 Å². The van der Waals surface area contributed by atoms with Gasteiger partial charge in [-0.3, -0.25) is 4.79 Å². The van der Waals surface area contributed by atoms with Crippen molar-refractivity contribution in [2.75, 3.05) is 11.4 Å². The number of hydrogen-bond donors (Lipinski definition) is 0. The van der Waals surface area contributed by atoms with Crippen LogP contribution in [-0.4, -0.2) is 12.5 Å². The number of benzene rings is 1. The minimum atomic E-state index is -0.140. The van der Waals surface area contributed by atoms with Crippen LogP contribution in [0.2, 0.25) is 0 Å². The normalized spacial score (nSPS) is 13.9. The molecule has 0 radical (unpaired) electrons. The third-order valence-corrected chi connectivity index (χ3v) is 3.00. The highest BCUT2D eigenvalue weighted by atomic mass is 79.9. The summed E-state index contributed by atoms with van der Waals surface area (Å²) in [5, 5.41) is 8.38. The van der Waals surface area contributed by atoms with Crippen LogP contribution in [0, 0.1) is 11.3 Å². The van der Waals surface area contributed by atoms with Gasteiger partial charge < -0.3 is 4.90 Å². The second-order valence-corrected chi connectivity index (χ2v) is 4.39. The van der Waals surface area contributed by atoms with E-state index in [-0.39, 0.29) is 5.91 Å². The molecule has 1 aromatic carbocycles. The Bertz CT molecular complexity index is 502. The van der Waals surface area contributed by atoms with E-state index in [1.54, 1.807) is 4.90 Å². The van der Waals surface area contributed by atoms with Gasteiger partial charge in [-0.05, 0) is 24.1 Å². The molecule has 0 saturated carbocycles. The Balaban J connectivity index is 2.30. The molecule has 1 aliphatic heterocycles. The lowest BCUT2D eigenvalue weighted by molar-refractivity contribution is -0.114. The van der Waals surface area contributed by atoms with Gasteiger partial charge in [0.05, 0.1) is 6.07 Å². The van der Waals surface area contributed by atoms with Gasteiger partial charge in [-0.15, -0.1) is 0 Å². The summed E-state index contributed by atoms with van der Waals surface area (Å²) in [6, 6.07) is 7.74. The Morgan fingerprint density at radius 1 is 1.56 bits per heavy atom. The second-order valence-electron chi connectivity index (χ2n) is 3.48. The molecule has 0 unspecified atom stereocenters. The number of carbonyl (C=O) groups is 1. The van der Waals surface area contributed by atoms with Crippen molar-refractivity contribution in [3.05, 3.63) is 40.4 Å². The highest BCUT2D eigenvalue weighted by molar-refractivity contribution is 9.10. The van der Waals surface area contributed by atoms with Gasteiger partial charge in [-0.1, -0.05) is 22.0 Å². The molecule has 1 aliphatic rings. The van der Waals surface area contributed by atoms with Gasteiger partial charge in [0.1, 0.15) is 0 Å². The lowest BCUT2D eigenvalue weighted by atomic mass is 10.2. The SMILES string of the molecule is N#C/C=C/C(=O)N1CCc2ccc(Br)cc21. The Hall–Kier alpha value is -1.60. The first-order valence-corrected chi connectivity index (χ1v) is 5.68. The van der Waals surface area contributed by atoms with E-state index >= 15 is 0 Å². The van der Waals surface area contributed by atoms with Crippen molar-refractivity contribution in [1.29, 1.82) is 5.26 Å². The molecular formula is C12H9BrN2O. The number of nitrogens with zero attached hydrogens (tertiary/aromatic N) is 2. The van der Waals surface area contributed by atoms with Gasteiger partial charge >= 0.3 is 0 Å². The summed E-state index contributed by atoms with van der Waals surface area (Å²) in [6.45, 7) is 0.681. The van der Waals surface area contributed by atoms with E-state index in [9.17, 15) is 4.79 Å². The smallest absolute Gasteiger partial charge is 0.251 e. The molecule has 0 atom stereocenters. The molecule has 1 aromatic rings. The quantitative estimate of drug-likeness (QED) is 0.584. The summed E-state index contributed by atoms with van der Waals surface area (Å²) in [5.41, 5.74) is 2.10. The zero-order valence-electron chi connectivity index (χ0n) is 8.48. The molecule has 0 saturated heterocycles. The summed E-state index contributed by atoms with van der Waals surface area (Å²) >= 11 is 3.39. The molecule has 3 nitrogen and oxygen atoms in total. The van der Waals surface area contributed by atoms with Crippen LogP contribution in [0.1, 0.15) is 5.56 Å². The van der Waals surface area contributed by atoms with Crippen molar-refractivity contribution >= 4 is 27.5 Å². The van der Waals surface area contributed by atoms with Crippen molar-refractivity contribution in [1.82, 2.24) is 0 Å². The maximum atomic E-state index is 11.8. The molecule has 2 rings (SSSR count). The van der Waals surface area contributed by atoms with E-state index < -0.39 is 0 Å². The van der Waals surface area contributed by atoms with E-state index in [0.29, 0.717) is 6.54 Å².